The monoisotopic (exact) mass is 285 g/mol. The Hall–Kier alpha value is -1.84. The molecular weight excluding hydrogens is 262 g/mol. The molecule has 1 fully saturated rings. The lowest BCUT2D eigenvalue weighted by Crippen LogP contribution is -2.37. The van der Waals surface area contributed by atoms with E-state index in [1.54, 1.807) is 0 Å². The van der Waals surface area contributed by atoms with Crippen LogP contribution in [0, 0.1) is 5.92 Å². The van der Waals surface area contributed by atoms with Crippen molar-refractivity contribution in [1.29, 1.82) is 0 Å². The molecule has 0 saturated carbocycles. The minimum Gasteiger partial charge on any atom is -0.339 e. The van der Waals surface area contributed by atoms with Gasteiger partial charge in [-0.25, -0.2) is 4.98 Å². The van der Waals surface area contributed by atoms with Crippen LogP contribution < -0.4 is 0 Å². The van der Waals surface area contributed by atoms with Crippen LogP contribution in [0.4, 0.5) is 0 Å². The maximum absolute atomic E-state index is 12.6. The van der Waals surface area contributed by atoms with Crippen LogP contribution in [0.5, 0.6) is 0 Å². The van der Waals surface area contributed by atoms with E-state index in [1.807, 2.05) is 29.4 Å². The Morgan fingerprint density at radius 1 is 1.29 bits per heavy atom. The molecule has 1 saturated heterocycles. The summed E-state index contributed by atoms with van der Waals surface area (Å²) in [7, 11) is 0. The van der Waals surface area contributed by atoms with Gasteiger partial charge in [0.05, 0.1) is 17.4 Å². The van der Waals surface area contributed by atoms with E-state index in [4.69, 9.17) is 0 Å². The molecule has 0 unspecified atom stereocenters. The summed E-state index contributed by atoms with van der Waals surface area (Å²) >= 11 is 0. The third kappa shape index (κ3) is 2.67. The van der Waals surface area contributed by atoms with Crippen molar-refractivity contribution in [1.82, 2.24) is 14.5 Å². The number of amides is 1. The summed E-state index contributed by atoms with van der Waals surface area (Å²) in [5.74, 6) is 0.876. The van der Waals surface area contributed by atoms with Gasteiger partial charge in [-0.15, -0.1) is 0 Å². The quantitative estimate of drug-likeness (QED) is 0.847. The maximum Gasteiger partial charge on any atom is 0.253 e. The van der Waals surface area contributed by atoms with Crippen LogP contribution in [-0.2, 0) is 0 Å². The van der Waals surface area contributed by atoms with Gasteiger partial charge in [0.25, 0.3) is 5.91 Å². The van der Waals surface area contributed by atoms with E-state index >= 15 is 0 Å². The molecule has 1 aliphatic rings. The minimum absolute atomic E-state index is 0.142. The van der Waals surface area contributed by atoms with Gasteiger partial charge in [-0.1, -0.05) is 6.92 Å². The first kappa shape index (κ1) is 14.1. The molecule has 0 atom stereocenters. The zero-order valence-corrected chi connectivity index (χ0v) is 13.0. The Morgan fingerprint density at radius 3 is 2.67 bits per heavy atom. The molecule has 0 N–H and O–H groups in total. The van der Waals surface area contributed by atoms with Crippen molar-refractivity contribution in [3.63, 3.8) is 0 Å². The molecule has 0 aliphatic carbocycles. The summed E-state index contributed by atoms with van der Waals surface area (Å²) in [5, 5.41) is 0. The fourth-order valence-electron chi connectivity index (χ4n) is 2.97. The first-order valence-corrected chi connectivity index (χ1v) is 7.82. The van der Waals surface area contributed by atoms with Crippen LogP contribution >= 0.6 is 0 Å². The van der Waals surface area contributed by atoms with Gasteiger partial charge < -0.3 is 9.47 Å². The third-order valence-electron chi connectivity index (χ3n) is 4.45. The minimum atomic E-state index is 0.142. The van der Waals surface area contributed by atoms with Gasteiger partial charge in [0.2, 0.25) is 0 Å². The second-order valence-electron chi connectivity index (χ2n) is 6.42. The Labute approximate surface area is 125 Å². The highest BCUT2D eigenvalue weighted by Crippen LogP contribution is 2.22. The predicted molar refractivity (Wildman–Crippen MR) is 84.4 cm³/mol. The van der Waals surface area contributed by atoms with Gasteiger partial charge in [0.15, 0.2) is 0 Å². The number of carbonyl (C=O) groups is 1. The van der Waals surface area contributed by atoms with E-state index in [-0.39, 0.29) is 5.91 Å². The topological polar surface area (TPSA) is 38.1 Å². The molecule has 1 aromatic heterocycles. The van der Waals surface area contributed by atoms with Crippen molar-refractivity contribution >= 4 is 16.9 Å². The van der Waals surface area contributed by atoms with Crippen LogP contribution in [0.15, 0.2) is 24.5 Å². The highest BCUT2D eigenvalue weighted by Gasteiger charge is 2.21. The number of hydrogen-bond donors (Lipinski definition) is 0. The van der Waals surface area contributed by atoms with Crippen molar-refractivity contribution in [3.05, 3.63) is 30.1 Å². The van der Waals surface area contributed by atoms with Gasteiger partial charge >= 0.3 is 0 Å². The summed E-state index contributed by atoms with van der Waals surface area (Å²) < 4.78 is 2.13. The number of aromatic nitrogens is 2. The van der Waals surface area contributed by atoms with Crippen molar-refractivity contribution in [2.75, 3.05) is 13.1 Å². The SMILES string of the molecule is CC1CCN(C(=O)c2ccc3c(c2)ncn3C(C)C)CC1. The normalized spacial score (nSPS) is 16.9. The number of carbonyl (C=O) groups excluding carboxylic acids is 1. The van der Waals surface area contributed by atoms with E-state index in [9.17, 15) is 4.79 Å². The molecule has 4 nitrogen and oxygen atoms in total. The van der Waals surface area contributed by atoms with E-state index in [0.29, 0.717) is 6.04 Å². The molecule has 3 rings (SSSR count). The lowest BCUT2D eigenvalue weighted by atomic mass is 9.98. The number of fused-ring (bicyclic) bond motifs is 1. The van der Waals surface area contributed by atoms with Crippen LogP contribution in [0.25, 0.3) is 11.0 Å². The predicted octanol–water partition coefficient (Wildman–Crippen LogP) is 3.49. The molecule has 1 aromatic carbocycles. The molecule has 0 bridgehead atoms. The molecule has 21 heavy (non-hydrogen) atoms. The molecule has 2 aromatic rings. The summed E-state index contributed by atoms with van der Waals surface area (Å²) in [6, 6.07) is 6.25. The van der Waals surface area contributed by atoms with Crippen LogP contribution in [0.1, 0.15) is 50.0 Å². The average molecular weight is 285 g/mol. The number of imidazole rings is 1. The fraction of sp³-hybridized carbons (Fsp3) is 0.529. The van der Waals surface area contributed by atoms with Crippen molar-refractivity contribution in [2.24, 2.45) is 5.92 Å². The number of nitrogens with zero attached hydrogens (tertiary/aromatic N) is 3. The van der Waals surface area contributed by atoms with Crippen LogP contribution in [-0.4, -0.2) is 33.4 Å². The van der Waals surface area contributed by atoms with Gasteiger partial charge in [-0.05, 0) is 50.8 Å². The average Bonchev–Trinajstić information content (AvgIpc) is 2.90. The largest absolute Gasteiger partial charge is 0.339 e. The third-order valence-corrected chi connectivity index (χ3v) is 4.45. The van der Waals surface area contributed by atoms with Gasteiger partial charge in [0, 0.05) is 24.7 Å². The van der Waals surface area contributed by atoms with E-state index in [1.165, 1.54) is 0 Å². The number of piperidine rings is 1. The van der Waals surface area contributed by atoms with Crippen LogP contribution in [0.3, 0.4) is 0 Å². The molecule has 0 radical (unpaired) electrons. The first-order chi connectivity index (χ1) is 10.1. The van der Waals surface area contributed by atoms with E-state index < -0.39 is 0 Å². The van der Waals surface area contributed by atoms with E-state index in [0.717, 1.165) is 48.4 Å². The number of rotatable bonds is 2. The standard InChI is InChI=1S/C17H23N3O/c1-12(2)20-11-18-15-10-14(4-5-16(15)20)17(21)19-8-6-13(3)7-9-19/h4-5,10-13H,6-9H2,1-3H3. The highest BCUT2D eigenvalue weighted by molar-refractivity contribution is 5.97. The van der Waals surface area contributed by atoms with E-state index in [2.05, 4.69) is 30.3 Å². The van der Waals surface area contributed by atoms with Crippen molar-refractivity contribution in [3.8, 4) is 0 Å². The zero-order chi connectivity index (χ0) is 15.0. The first-order valence-electron chi connectivity index (χ1n) is 7.82. The van der Waals surface area contributed by atoms with Crippen molar-refractivity contribution < 1.29 is 4.79 Å². The molecular formula is C17H23N3O. The highest BCUT2D eigenvalue weighted by atomic mass is 16.2. The molecule has 0 spiro atoms. The maximum atomic E-state index is 12.6. The smallest absolute Gasteiger partial charge is 0.253 e. The van der Waals surface area contributed by atoms with Crippen LogP contribution in [0.2, 0.25) is 0 Å². The summed E-state index contributed by atoms with van der Waals surface area (Å²) in [6.45, 7) is 8.27. The zero-order valence-electron chi connectivity index (χ0n) is 13.0. The lowest BCUT2D eigenvalue weighted by Gasteiger charge is -2.30. The summed E-state index contributed by atoms with van der Waals surface area (Å²) in [5.41, 5.74) is 2.75. The molecule has 112 valence electrons. The molecule has 2 heterocycles. The fourth-order valence-corrected chi connectivity index (χ4v) is 2.97. The van der Waals surface area contributed by atoms with Gasteiger partial charge in [-0.3, -0.25) is 4.79 Å². The summed E-state index contributed by atoms with van der Waals surface area (Å²) in [6.07, 6.45) is 4.07. The van der Waals surface area contributed by atoms with Gasteiger partial charge in [0.1, 0.15) is 0 Å². The Morgan fingerprint density at radius 2 is 2.00 bits per heavy atom. The number of likely N-dealkylation sites (tertiary alicyclic amines) is 1. The molecule has 4 heteroatoms. The Kier molecular flexibility index (Phi) is 3.70. The second-order valence-corrected chi connectivity index (χ2v) is 6.42. The molecule has 1 aliphatic heterocycles. The number of benzene rings is 1. The summed E-state index contributed by atoms with van der Waals surface area (Å²) in [4.78, 5) is 19.0. The number of hydrogen-bond acceptors (Lipinski definition) is 2. The van der Waals surface area contributed by atoms with Gasteiger partial charge in [-0.2, -0.15) is 0 Å². The Bertz CT molecular complexity index is 651. The Balaban J connectivity index is 1.86. The lowest BCUT2D eigenvalue weighted by molar-refractivity contribution is 0.0697. The molecule has 1 amide bonds. The van der Waals surface area contributed by atoms with Crippen molar-refractivity contribution in [2.45, 2.75) is 39.7 Å². The second kappa shape index (κ2) is 5.51.